The number of halogens is 1. The van der Waals surface area contributed by atoms with Gasteiger partial charge in [0, 0.05) is 13.1 Å². The molecule has 0 saturated carbocycles. The Balaban J connectivity index is 2.89. The van der Waals surface area contributed by atoms with Crippen molar-refractivity contribution in [1.82, 2.24) is 4.90 Å². The number of nitrogens with zero attached hydrogens (tertiary/aromatic N) is 1. The highest BCUT2D eigenvalue weighted by molar-refractivity contribution is 9.10. The van der Waals surface area contributed by atoms with Gasteiger partial charge in [-0.05, 0) is 54.4 Å². The van der Waals surface area contributed by atoms with Gasteiger partial charge in [-0.1, -0.05) is 0 Å². The number of aliphatic hydroxyl groups is 1. The highest BCUT2D eigenvalue weighted by atomic mass is 79.9. The molecule has 5 nitrogen and oxygen atoms in total. The van der Waals surface area contributed by atoms with Crippen LogP contribution in [0.25, 0.3) is 0 Å². The Labute approximate surface area is 134 Å². The van der Waals surface area contributed by atoms with Crippen molar-refractivity contribution in [3.05, 3.63) is 22.2 Å². The number of amides is 1. The first-order valence-electron chi connectivity index (χ1n) is 7.03. The third kappa shape index (κ3) is 4.89. The minimum atomic E-state index is -0.0860. The molecular formula is C15H22BrNO4. The molecule has 1 aromatic rings. The number of benzene rings is 1. The van der Waals surface area contributed by atoms with E-state index in [-0.39, 0.29) is 19.1 Å². The van der Waals surface area contributed by atoms with Gasteiger partial charge in [0.2, 0.25) is 0 Å². The number of aliphatic hydroxyl groups excluding tert-OH is 1. The summed E-state index contributed by atoms with van der Waals surface area (Å²) in [4.78, 5) is 13.7. The second-order valence-electron chi connectivity index (χ2n) is 4.35. The Morgan fingerprint density at radius 1 is 1.24 bits per heavy atom. The van der Waals surface area contributed by atoms with E-state index < -0.39 is 0 Å². The predicted molar refractivity (Wildman–Crippen MR) is 84.7 cm³/mol. The van der Waals surface area contributed by atoms with E-state index in [0.717, 1.165) is 0 Å². The maximum Gasteiger partial charge on any atom is 0.260 e. The summed E-state index contributed by atoms with van der Waals surface area (Å²) in [5, 5.41) is 9.22. The summed E-state index contributed by atoms with van der Waals surface area (Å²) in [6, 6.07) is 3.46. The lowest BCUT2D eigenvalue weighted by Crippen LogP contribution is -2.34. The molecule has 6 heteroatoms. The molecule has 0 unspecified atom stereocenters. The number of hydrogen-bond donors (Lipinski definition) is 1. The van der Waals surface area contributed by atoms with E-state index in [4.69, 9.17) is 9.47 Å². The second kappa shape index (κ2) is 8.89. The first-order chi connectivity index (χ1) is 10.1. The van der Waals surface area contributed by atoms with Crippen LogP contribution in [0.3, 0.4) is 0 Å². The van der Waals surface area contributed by atoms with Gasteiger partial charge in [0.15, 0.2) is 18.1 Å². The number of carbonyl (C=O) groups excluding carboxylic acids is 1. The largest absolute Gasteiger partial charge is 0.490 e. The number of hydrogen-bond acceptors (Lipinski definition) is 4. The molecule has 0 bridgehead atoms. The minimum Gasteiger partial charge on any atom is -0.490 e. The van der Waals surface area contributed by atoms with Crippen molar-refractivity contribution in [3.8, 4) is 11.5 Å². The second-order valence-corrected chi connectivity index (χ2v) is 5.21. The fourth-order valence-corrected chi connectivity index (χ4v) is 2.52. The monoisotopic (exact) mass is 359 g/mol. The summed E-state index contributed by atoms with van der Waals surface area (Å²) in [6.07, 6.45) is 0. The van der Waals surface area contributed by atoms with E-state index in [9.17, 15) is 9.90 Å². The number of likely N-dealkylation sites (N-methyl/N-ethyl adjacent to an activating group) is 1. The highest BCUT2D eigenvalue weighted by Crippen LogP contribution is 2.37. The van der Waals surface area contributed by atoms with E-state index in [1.165, 1.54) is 0 Å². The molecule has 0 aliphatic rings. The highest BCUT2D eigenvalue weighted by Gasteiger charge is 2.16. The lowest BCUT2D eigenvalue weighted by molar-refractivity contribution is -0.133. The van der Waals surface area contributed by atoms with Gasteiger partial charge in [-0.3, -0.25) is 4.79 Å². The average Bonchev–Trinajstić information content (AvgIpc) is 2.47. The first kappa shape index (κ1) is 17.8. The third-order valence-corrected chi connectivity index (χ3v) is 3.60. The minimum absolute atomic E-state index is 0.0428. The standard InChI is InChI=1S/C15H22BrNO4/c1-4-17(5-2)14(19)10-21-15-12(16)7-11(9-18)8-13(15)20-6-3/h7-8,18H,4-6,9-10H2,1-3H3. The van der Waals surface area contributed by atoms with Crippen LogP contribution < -0.4 is 9.47 Å². The van der Waals surface area contributed by atoms with Crippen molar-refractivity contribution in [3.63, 3.8) is 0 Å². The van der Waals surface area contributed by atoms with Crippen molar-refractivity contribution in [2.75, 3.05) is 26.3 Å². The Morgan fingerprint density at radius 3 is 2.43 bits per heavy atom. The van der Waals surface area contributed by atoms with Gasteiger partial charge in [-0.2, -0.15) is 0 Å². The molecule has 0 fully saturated rings. The van der Waals surface area contributed by atoms with E-state index >= 15 is 0 Å². The number of rotatable bonds is 8. The van der Waals surface area contributed by atoms with Crippen LogP contribution >= 0.6 is 15.9 Å². The van der Waals surface area contributed by atoms with Crippen LogP contribution in [0.2, 0.25) is 0 Å². The molecule has 1 rings (SSSR count). The van der Waals surface area contributed by atoms with Gasteiger partial charge < -0.3 is 19.5 Å². The summed E-state index contributed by atoms with van der Waals surface area (Å²) in [5.41, 5.74) is 0.716. The van der Waals surface area contributed by atoms with Crippen LogP contribution in [0.15, 0.2) is 16.6 Å². The van der Waals surface area contributed by atoms with E-state index in [2.05, 4.69) is 15.9 Å². The van der Waals surface area contributed by atoms with Crippen molar-refractivity contribution in [2.24, 2.45) is 0 Å². The number of carbonyl (C=O) groups is 1. The zero-order valence-corrected chi connectivity index (χ0v) is 14.3. The van der Waals surface area contributed by atoms with Crippen molar-refractivity contribution in [1.29, 1.82) is 0 Å². The lowest BCUT2D eigenvalue weighted by Gasteiger charge is -2.20. The lowest BCUT2D eigenvalue weighted by atomic mass is 10.2. The average molecular weight is 360 g/mol. The molecule has 21 heavy (non-hydrogen) atoms. The van der Waals surface area contributed by atoms with E-state index in [0.29, 0.717) is 41.2 Å². The third-order valence-electron chi connectivity index (χ3n) is 3.01. The smallest absolute Gasteiger partial charge is 0.260 e. The van der Waals surface area contributed by atoms with Gasteiger partial charge in [-0.25, -0.2) is 0 Å². The Bertz CT molecular complexity index is 475. The van der Waals surface area contributed by atoms with Crippen LogP contribution in [0.5, 0.6) is 11.5 Å². The Kier molecular flexibility index (Phi) is 7.53. The van der Waals surface area contributed by atoms with Gasteiger partial charge in [0.05, 0.1) is 17.7 Å². The summed E-state index contributed by atoms with van der Waals surface area (Å²) in [7, 11) is 0. The number of ether oxygens (including phenoxy) is 2. The molecule has 0 saturated heterocycles. The Morgan fingerprint density at radius 2 is 1.90 bits per heavy atom. The maximum atomic E-state index is 12.0. The molecule has 0 radical (unpaired) electrons. The quantitative estimate of drug-likeness (QED) is 0.774. The van der Waals surface area contributed by atoms with Crippen molar-refractivity contribution >= 4 is 21.8 Å². The van der Waals surface area contributed by atoms with Crippen LogP contribution in [0, 0.1) is 0 Å². The van der Waals surface area contributed by atoms with Gasteiger partial charge in [-0.15, -0.1) is 0 Å². The molecule has 118 valence electrons. The van der Waals surface area contributed by atoms with Gasteiger partial charge in [0.25, 0.3) is 5.91 Å². The molecule has 0 spiro atoms. The normalized spacial score (nSPS) is 10.3. The molecule has 0 aromatic heterocycles. The summed E-state index contributed by atoms with van der Waals surface area (Å²) < 4.78 is 11.8. The molecule has 1 N–H and O–H groups in total. The predicted octanol–water partition coefficient (Wildman–Crippen LogP) is 2.59. The zero-order chi connectivity index (χ0) is 15.8. The SMILES string of the molecule is CCOc1cc(CO)cc(Br)c1OCC(=O)N(CC)CC. The summed E-state index contributed by atoms with van der Waals surface area (Å²) in [6.45, 7) is 7.38. The topological polar surface area (TPSA) is 59.0 Å². The van der Waals surface area contributed by atoms with E-state index in [1.807, 2.05) is 20.8 Å². The summed E-state index contributed by atoms with van der Waals surface area (Å²) in [5.74, 6) is 0.929. The van der Waals surface area contributed by atoms with Crippen LogP contribution in [0.4, 0.5) is 0 Å². The Hall–Kier alpha value is -1.27. The molecular weight excluding hydrogens is 338 g/mol. The first-order valence-corrected chi connectivity index (χ1v) is 7.83. The van der Waals surface area contributed by atoms with Crippen molar-refractivity contribution in [2.45, 2.75) is 27.4 Å². The molecule has 1 amide bonds. The molecule has 0 heterocycles. The molecule has 0 aliphatic carbocycles. The molecule has 0 atom stereocenters. The van der Waals surface area contributed by atoms with Gasteiger partial charge >= 0.3 is 0 Å². The van der Waals surface area contributed by atoms with E-state index in [1.54, 1.807) is 17.0 Å². The van der Waals surface area contributed by atoms with Gasteiger partial charge in [0.1, 0.15) is 0 Å². The molecule has 1 aromatic carbocycles. The zero-order valence-electron chi connectivity index (χ0n) is 12.7. The van der Waals surface area contributed by atoms with Crippen LogP contribution in [-0.4, -0.2) is 42.2 Å². The fraction of sp³-hybridized carbons (Fsp3) is 0.533. The van der Waals surface area contributed by atoms with Crippen LogP contribution in [0.1, 0.15) is 26.3 Å². The summed E-state index contributed by atoms with van der Waals surface area (Å²) >= 11 is 3.39. The molecule has 0 aliphatic heterocycles. The van der Waals surface area contributed by atoms with Crippen LogP contribution in [-0.2, 0) is 11.4 Å². The van der Waals surface area contributed by atoms with Crippen molar-refractivity contribution < 1.29 is 19.4 Å². The fourth-order valence-electron chi connectivity index (χ4n) is 1.92. The maximum absolute atomic E-state index is 12.0.